The van der Waals surface area contributed by atoms with Gasteiger partial charge in [0.15, 0.2) is 0 Å². The van der Waals surface area contributed by atoms with Crippen LogP contribution in [0.25, 0.3) is 11.3 Å². The van der Waals surface area contributed by atoms with Crippen molar-refractivity contribution in [2.45, 2.75) is 0 Å². The SMILES string of the molecule is COc1ccccc1-c1cc(N)nc(Cl)n1. The van der Waals surface area contributed by atoms with Crippen LogP contribution in [0.15, 0.2) is 30.3 Å². The van der Waals surface area contributed by atoms with Gasteiger partial charge >= 0.3 is 0 Å². The van der Waals surface area contributed by atoms with Gasteiger partial charge in [-0.25, -0.2) is 9.97 Å². The molecule has 1 heterocycles. The predicted molar refractivity (Wildman–Crippen MR) is 63.4 cm³/mol. The molecule has 0 aliphatic rings. The summed E-state index contributed by atoms with van der Waals surface area (Å²) in [5, 5.41) is 0.126. The fourth-order valence-electron chi connectivity index (χ4n) is 1.43. The van der Waals surface area contributed by atoms with Crippen molar-refractivity contribution in [1.29, 1.82) is 0 Å². The molecule has 0 saturated heterocycles. The molecule has 2 rings (SSSR count). The van der Waals surface area contributed by atoms with E-state index in [1.165, 1.54) is 0 Å². The van der Waals surface area contributed by atoms with Gasteiger partial charge in [0.1, 0.15) is 11.6 Å². The van der Waals surface area contributed by atoms with Crippen molar-refractivity contribution in [3.63, 3.8) is 0 Å². The average Bonchev–Trinajstić information content (AvgIpc) is 2.27. The first-order valence-corrected chi connectivity index (χ1v) is 5.02. The second-order valence-corrected chi connectivity index (χ2v) is 3.49. The molecular formula is C11H10ClN3O. The number of methoxy groups -OCH3 is 1. The molecule has 0 bridgehead atoms. The van der Waals surface area contributed by atoms with Gasteiger partial charge in [-0.15, -0.1) is 0 Å². The second kappa shape index (κ2) is 4.37. The Kier molecular flexibility index (Phi) is 2.92. The van der Waals surface area contributed by atoms with E-state index in [-0.39, 0.29) is 5.28 Å². The first-order chi connectivity index (χ1) is 7.70. The van der Waals surface area contributed by atoms with Crippen LogP contribution in [0, 0.1) is 0 Å². The molecule has 0 amide bonds. The first kappa shape index (κ1) is 10.7. The topological polar surface area (TPSA) is 61.0 Å². The number of aromatic nitrogens is 2. The molecule has 16 heavy (non-hydrogen) atoms. The number of ether oxygens (including phenoxy) is 1. The molecule has 2 N–H and O–H groups in total. The highest BCUT2D eigenvalue weighted by atomic mass is 35.5. The van der Waals surface area contributed by atoms with Gasteiger partial charge in [0.2, 0.25) is 5.28 Å². The standard InChI is InChI=1S/C11H10ClN3O/c1-16-9-5-3-2-4-7(9)8-6-10(13)15-11(12)14-8/h2-6H,1H3,(H2,13,14,15). The predicted octanol–water partition coefficient (Wildman–Crippen LogP) is 2.39. The summed E-state index contributed by atoms with van der Waals surface area (Å²) in [5.41, 5.74) is 7.09. The summed E-state index contributed by atoms with van der Waals surface area (Å²) >= 11 is 5.75. The lowest BCUT2D eigenvalue weighted by molar-refractivity contribution is 0.416. The number of halogens is 1. The third kappa shape index (κ3) is 2.06. The number of anilines is 1. The van der Waals surface area contributed by atoms with Crippen LogP contribution in [0.1, 0.15) is 0 Å². The Balaban J connectivity index is 2.58. The Bertz CT molecular complexity index is 496. The Morgan fingerprint density at radius 3 is 2.69 bits per heavy atom. The lowest BCUT2D eigenvalue weighted by atomic mass is 10.1. The van der Waals surface area contributed by atoms with Crippen LogP contribution in [0.2, 0.25) is 5.28 Å². The fraction of sp³-hybridized carbons (Fsp3) is 0.0909. The zero-order chi connectivity index (χ0) is 11.5. The molecule has 5 heteroatoms. The van der Waals surface area contributed by atoms with Crippen LogP contribution in [0.4, 0.5) is 5.82 Å². The quantitative estimate of drug-likeness (QED) is 0.812. The van der Waals surface area contributed by atoms with Crippen LogP contribution in [-0.4, -0.2) is 17.1 Å². The summed E-state index contributed by atoms with van der Waals surface area (Å²) in [5.74, 6) is 1.05. The van der Waals surface area contributed by atoms with E-state index in [1.807, 2.05) is 24.3 Å². The third-order valence-corrected chi connectivity index (χ3v) is 2.27. The molecule has 1 aromatic carbocycles. The third-order valence-electron chi connectivity index (χ3n) is 2.10. The smallest absolute Gasteiger partial charge is 0.224 e. The van der Waals surface area contributed by atoms with Crippen LogP contribution in [0.5, 0.6) is 5.75 Å². The van der Waals surface area contributed by atoms with Crippen molar-refractivity contribution in [3.8, 4) is 17.0 Å². The highest BCUT2D eigenvalue weighted by Gasteiger charge is 2.08. The van der Waals surface area contributed by atoms with E-state index < -0.39 is 0 Å². The maximum Gasteiger partial charge on any atom is 0.224 e. The van der Waals surface area contributed by atoms with Crippen LogP contribution in [-0.2, 0) is 0 Å². The summed E-state index contributed by atoms with van der Waals surface area (Å²) in [6.45, 7) is 0. The number of nitrogen functional groups attached to an aromatic ring is 1. The van der Waals surface area contributed by atoms with Gasteiger partial charge in [-0.05, 0) is 23.7 Å². The Labute approximate surface area is 98.0 Å². The Morgan fingerprint density at radius 2 is 2.00 bits per heavy atom. The maximum absolute atomic E-state index is 5.75. The van der Waals surface area contributed by atoms with E-state index in [9.17, 15) is 0 Å². The van der Waals surface area contributed by atoms with Crippen LogP contribution in [0.3, 0.4) is 0 Å². The summed E-state index contributed by atoms with van der Waals surface area (Å²) < 4.78 is 5.24. The van der Waals surface area contributed by atoms with Gasteiger partial charge in [0.05, 0.1) is 12.8 Å². The van der Waals surface area contributed by atoms with E-state index >= 15 is 0 Å². The molecule has 0 saturated carbocycles. The van der Waals surface area contributed by atoms with Gasteiger partial charge in [0, 0.05) is 11.6 Å². The first-order valence-electron chi connectivity index (χ1n) is 4.64. The highest BCUT2D eigenvalue weighted by Crippen LogP contribution is 2.29. The average molecular weight is 236 g/mol. The zero-order valence-corrected chi connectivity index (χ0v) is 9.40. The lowest BCUT2D eigenvalue weighted by Crippen LogP contribution is -1.96. The number of rotatable bonds is 2. The minimum absolute atomic E-state index is 0.126. The lowest BCUT2D eigenvalue weighted by Gasteiger charge is -2.07. The minimum Gasteiger partial charge on any atom is -0.496 e. The molecule has 0 radical (unpaired) electrons. The molecule has 0 unspecified atom stereocenters. The molecule has 0 spiro atoms. The number of para-hydroxylation sites is 1. The number of benzene rings is 1. The Morgan fingerprint density at radius 1 is 1.25 bits per heavy atom. The monoisotopic (exact) mass is 235 g/mol. The van der Waals surface area contributed by atoms with Crippen LogP contribution < -0.4 is 10.5 Å². The Hall–Kier alpha value is -1.81. The maximum atomic E-state index is 5.75. The van der Waals surface area contributed by atoms with Crippen molar-refractivity contribution in [1.82, 2.24) is 9.97 Å². The largest absolute Gasteiger partial charge is 0.496 e. The molecule has 1 aromatic heterocycles. The van der Waals surface area contributed by atoms with Crippen molar-refractivity contribution in [3.05, 3.63) is 35.6 Å². The molecule has 0 atom stereocenters. The number of nitrogens with zero attached hydrogens (tertiary/aromatic N) is 2. The summed E-state index contributed by atoms with van der Waals surface area (Å²) in [6, 6.07) is 9.17. The summed E-state index contributed by atoms with van der Waals surface area (Å²) in [6.07, 6.45) is 0. The molecule has 0 aliphatic heterocycles. The highest BCUT2D eigenvalue weighted by molar-refractivity contribution is 6.28. The zero-order valence-electron chi connectivity index (χ0n) is 8.64. The number of nitrogens with two attached hydrogens (primary N) is 1. The second-order valence-electron chi connectivity index (χ2n) is 3.15. The van der Waals surface area contributed by atoms with E-state index in [2.05, 4.69) is 9.97 Å². The summed E-state index contributed by atoms with van der Waals surface area (Å²) in [4.78, 5) is 7.91. The van der Waals surface area contributed by atoms with Gasteiger partial charge in [0.25, 0.3) is 0 Å². The molecular weight excluding hydrogens is 226 g/mol. The molecule has 4 nitrogen and oxygen atoms in total. The molecule has 0 fully saturated rings. The van der Waals surface area contributed by atoms with Gasteiger partial charge in [-0.1, -0.05) is 12.1 Å². The molecule has 82 valence electrons. The van der Waals surface area contributed by atoms with Gasteiger partial charge in [-0.2, -0.15) is 0 Å². The van der Waals surface area contributed by atoms with E-state index in [0.29, 0.717) is 11.5 Å². The van der Waals surface area contributed by atoms with Crippen molar-refractivity contribution >= 4 is 17.4 Å². The normalized spacial score (nSPS) is 10.1. The van der Waals surface area contributed by atoms with Gasteiger partial charge < -0.3 is 10.5 Å². The van der Waals surface area contributed by atoms with Crippen molar-refractivity contribution < 1.29 is 4.74 Å². The van der Waals surface area contributed by atoms with Gasteiger partial charge in [-0.3, -0.25) is 0 Å². The van der Waals surface area contributed by atoms with E-state index in [4.69, 9.17) is 22.1 Å². The van der Waals surface area contributed by atoms with Crippen molar-refractivity contribution in [2.24, 2.45) is 0 Å². The fourth-order valence-corrected chi connectivity index (χ4v) is 1.62. The molecule has 0 aliphatic carbocycles. The van der Waals surface area contributed by atoms with Crippen molar-refractivity contribution in [2.75, 3.05) is 12.8 Å². The minimum atomic E-state index is 0.126. The number of hydrogen-bond donors (Lipinski definition) is 1. The van der Waals surface area contributed by atoms with Crippen LogP contribution >= 0.6 is 11.6 Å². The number of hydrogen-bond acceptors (Lipinski definition) is 4. The summed E-state index contributed by atoms with van der Waals surface area (Å²) in [7, 11) is 1.60. The van der Waals surface area contributed by atoms with E-state index in [1.54, 1.807) is 13.2 Å². The van der Waals surface area contributed by atoms with E-state index in [0.717, 1.165) is 11.3 Å². The molecule has 2 aromatic rings.